The summed E-state index contributed by atoms with van der Waals surface area (Å²) in [6, 6.07) is 5.62. The van der Waals surface area contributed by atoms with Crippen molar-refractivity contribution in [1.82, 2.24) is 24.8 Å². The topological polar surface area (TPSA) is 206 Å². The van der Waals surface area contributed by atoms with Crippen LogP contribution in [0.3, 0.4) is 0 Å². The van der Waals surface area contributed by atoms with Crippen LogP contribution in [-0.4, -0.2) is 159 Å². The Labute approximate surface area is 363 Å². The lowest BCUT2D eigenvalue weighted by Gasteiger charge is -2.46. The van der Waals surface area contributed by atoms with Gasteiger partial charge in [-0.3, -0.25) is 9.48 Å². The van der Waals surface area contributed by atoms with Crippen LogP contribution in [-0.2, 0) is 41.8 Å². The molecule has 2 saturated heterocycles. The number of likely N-dealkylation sites (N-methyl/N-ethyl adjacent to an activating group) is 2. The molecule has 4 N–H and O–H groups in total. The van der Waals surface area contributed by atoms with Gasteiger partial charge in [-0.2, -0.15) is 0 Å². The molecule has 348 valence electrons. The molecule has 0 spiro atoms. The van der Waals surface area contributed by atoms with Crippen molar-refractivity contribution >= 4 is 15.8 Å². The van der Waals surface area contributed by atoms with Gasteiger partial charge in [-0.25, -0.2) is 8.42 Å². The first-order valence-corrected chi connectivity index (χ1v) is 23.7. The van der Waals surface area contributed by atoms with Crippen molar-refractivity contribution in [2.24, 2.45) is 17.8 Å². The monoisotopic (exact) mass is 882 g/mol. The fourth-order valence-electron chi connectivity index (χ4n) is 9.08. The second kappa shape index (κ2) is 21.8. The summed E-state index contributed by atoms with van der Waals surface area (Å²) in [6.07, 6.45) is -0.734. The van der Waals surface area contributed by atoms with E-state index in [0.29, 0.717) is 70.5 Å². The van der Waals surface area contributed by atoms with Crippen LogP contribution in [0, 0.1) is 17.8 Å². The quantitative estimate of drug-likeness (QED) is 0.158. The highest BCUT2D eigenvalue weighted by Crippen LogP contribution is 2.36. The SMILES string of the molecule is CC[C@H]1OC(=O)[C@H](C)C[C@H](C)[C@@H](O[C@@H]2O[C@H](C)C[C@H](N(C)CCc3cn(CCCOc4ccc(S(=O)(=O)CC)cc4)nn3)[C@H]2O)[C@](C)(O)C[C@@H](C)CN(C)[C@H](C)[C@@H](O)[C@]1(C)O. The Morgan fingerprint density at radius 3 is 2.34 bits per heavy atom. The fraction of sp³-hybridized carbons (Fsp3) is 0.795. The number of esters is 1. The molecule has 1 aromatic carbocycles. The van der Waals surface area contributed by atoms with Gasteiger partial charge in [0.25, 0.3) is 0 Å². The van der Waals surface area contributed by atoms with Gasteiger partial charge in [0.05, 0.1) is 46.7 Å². The van der Waals surface area contributed by atoms with Crippen molar-refractivity contribution in [3.8, 4) is 5.75 Å². The number of hydrogen-bond donors (Lipinski definition) is 4. The molecule has 0 aliphatic carbocycles. The molecule has 16 nitrogen and oxygen atoms in total. The van der Waals surface area contributed by atoms with Crippen LogP contribution < -0.4 is 4.74 Å². The predicted octanol–water partition coefficient (Wildman–Crippen LogP) is 3.47. The van der Waals surface area contributed by atoms with Crippen molar-refractivity contribution in [3.63, 3.8) is 0 Å². The zero-order valence-corrected chi connectivity index (χ0v) is 39.1. The zero-order valence-electron chi connectivity index (χ0n) is 38.3. The Hall–Kier alpha value is -2.74. The maximum absolute atomic E-state index is 13.5. The summed E-state index contributed by atoms with van der Waals surface area (Å²) in [6.45, 7) is 18.2. The molecule has 0 bridgehead atoms. The number of rotatable bonds is 14. The molecule has 0 unspecified atom stereocenters. The van der Waals surface area contributed by atoms with Crippen molar-refractivity contribution in [2.45, 2.75) is 172 Å². The van der Waals surface area contributed by atoms with Crippen molar-refractivity contribution in [3.05, 3.63) is 36.2 Å². The Morgan fingerprint density at radius 2 is 1.70 bits per heavy atom. The lowest BCUT2D eigenvalue weighted by Crippen LogP contribution is -2.59. The molecule has 1 aromatic heterocycles. The van der Waals surface area contributed by atoms with Gasteiger partial charge >= 0.3 is 5.97 Å². The van der Waals surface area contributed by atoms with E-state index < -0.39 is 69.7 Å². The van der Waals surface area contributed by atoms with E-state index in [0.717, 1.165) is 5.69 Å². The number of carbonyl (C=O) groups is 1. The number of cyclic esters (lactones) is 1. The number of benzene rings is 1. The van der Waals surface area contributed by atoms with Crippen molar-refractivity contribution < 1.29 is 52.6 Å². The van der Waals surface area contributed by atoms with Crippen LogP contribution in [0.15, 0.2) is 35.4 Å². The number of hydrogen-bond acceptors (Lipinski definition) is 15. The van der Waals surface area contributed by atoms with Crippen molar-refractivity contribution in [2.75, 3.05) is 39.5 Å². The van der Waals surface area contributed by atoms with E-state index in [1.807, 2.05) is 52.9 Å². The Kier molecular flexibility index (Phi) is 18.2. The fourth-order valence-corrected chi connectivity index (χ4v) is 9.96. The highest BCUT2D eigenvalue weighted by atomic mass is 32.2. The van der Waals surface area contributed by atoms with Crippen molar-refractivity contribution in [1.29, 1.82) is 0 Å². The third-order valence-corrected chi connectivity index (χ3v) is 14.5. The number of aliphatic hydroxyl groups excluding tert-OH is 2. The van der Waals surface area contributed by atoms with E-state index in [2.05, 4.69) is 15.2 Å². The molecule has 17 heteroatoms. The van der Waals surface area contributed by atoms with Gasteiger partial charge in [-0.05, 0) is 104 Å². The second-order valence-electron chi connectivity index (χ2n) is 18.4. The summed E-state index contributed by atoms with van der Waals surface area (Å²) < 4.78 is 50.5. The summed E-state index contributed by atoms with van der Waals surface area (Å²) in [5, 5.41) is 55.6. The highest BCUT2D eigenvalue weighted by Gasteiger charge is 2.48. The smallest absolute Gasteiger partial charge is 0.309 e. The number of carbonyl (C=O) groups excluding carboxylic acids is 1. The number of sulfone groups is 1. The van der Waals surface area contributed by atoms with E-state index in [1.165, 1.54) is 6.92 Å². The van der Waals surface area contributed by atoms with Crippen LogP contribution in [0.1, 0.15) is 100 Å². The van der Waals surface area contributed by atoms with E-state index >= 15 is 0 Å². The lowest BCUT2D eigenvalue weighted by atomic mass is 9.79. The van der Waals surface area contributed by atoms with Gasteiger partial charge in [-0.1, -0.05) is 39.8 Å². The van der Waals surface area contributed by atoms with Crippen LogP contribution in [0.25, 0.3) is 0 Å². The minimum absolute atomic E-state index is 0.0444. The van der Waals surface area contributed by atoms with Gasteiger partial charge in [0.15, 0.2) is 16.1 Å². The molecule has 0 amide bonds. The Bertz CT molecular complexity index is 1780. The molecule has 0 saturated carbocycles. The number of ether oxygens (including phenoxy) is 4. The van der Waals surface area contributed by atoms with Crippen LogP contribution >= 0.6 is 0 Å². The Morgan fingerprint density at radius 1 is 1.03 bits per heavy atom. The van der Waals surface area contributed by atoms with E-state index in [9.17, 15) is 33.6 Å². The van der Waals surface area contributed by atoms with Gasteiger partial charge in [0.1, 0.15) is 29.7 Å². The summed E-state index contributed by atoms with van der Waals surface area (Å²) in [4.78, 5) is 17.8. The molecule has 2 aliphatic heterocycles. The number of aliphatic hydroxyl groups is 4. The maximum Gasteiger partial charge on any atom is 0.309 e. The van der Waals surface area contributed by atoms with E-state index in [1.54, 1.807) is 56.6 Å². The standard InChI is InChI=1S/C44H75N5O11S/c1-12-37-44(9,54)39(51)32(7)48(11)26-28(3)25-43(8,53)40(29(4)23-30(5)41(52)59-37)60-42-38(50)36(24-31(6)58-42)47(10)21-19-33-27-49(46-45-33)20-14-22-57-34-15-17-35(18-16-34)61(55,56)13-2/h15-18,27-32,36-40,42,50-51,53-54H,12-14,19-26H2,1-11H3/t28-,29+,30-,31-,32-,36+,37-,38-,39-,40-,42+,43-,44-/m1/s1. The van der Waals surface area contributed by atoms with E-state index in [4.69, 9.17) is 18.9 Å². The first kappa shape index (κ1) is 50.9. The third kappa shape index (κ3) is 13.4. The molecule has 3 heterocycles. The van der Waals surface area contributed by atoms with Gasteiger partial charge in [0, 0.05) is 50.8 Å². The highest BCUT2D eigenvalue weighted by molar-refractivity contribution is 7.91. The molecule has 61 heavy (non-hydrogen) atoms. The first-order valence-electron chi connectivity index (χ1n) is 22.1. The first-order chi connectivity index (χ1) is 28.5. The molecule has 2 aliphatic rings. The summed E-state index contributed by atoms with van der Waals surface area (Å²) in [5.74, 6) is -0.948. The average molecular weight is 882 g/mol. The van der Waals surface area contributed by atoms with Gasteiger partial charge < -0.3 is 49.2 Å². The van der Waals surface area contributed by atoms with Crippen LogP contribution in [0.2, 0.25) is 0 Å². The molecular weight excluding hydrogens is 807 g/mol. The summed E-state index contributed by atoms with van der Waals surface area (Å²) >= 11 is 0. The minimum atomic E-state index is -3.26. The molecule has 4 rings (SSSR count). The zero-order chi connectivity index (χ0) is 45.4. The summed E-state index contributed by atoms with van der Waals surface area (Å²) in [7, 11) is 0.543. The molecule has 13 atom stereocenters. The van der Waals surface area contributed by atoms with E-state index in [-0.39, 0.29) is 34.6 Å². The summed E-state index contributed by atoms with van der Waals surface area (Å²) in [5.41, 5.74) is -2.31. The lowest BCUT2D eigenvalue weighted by molar-refractivity contribution is -0.296. The second-order valence-corrected chi connectivity index (χ2v) is 20.7. The molecular formula is C44H75N5O11S. The van der Waals surface area contributed by atoms with Gasteiger partial charge in [0.2, 0.25) is 0 Å². The Balaban J connectivity index is 1.40. The maximum atomic E-state index is 13.5. The largest absolute Gasteiger partial charge is 0.494 e. The minimum Gasteiger partial charge on any atom is -0.494 e. The number of aryl methyl sites for hydroxylation is 1. The number of aromatic nitrogens is 3. The normalized spacial score (nSPS) is 35.3. The van der Waals surface area contributed by atoms with Crippen LogP contribution in [0.4, 0.5) is 0 Å². The van der Waals surface area contributed by atoms with Gasteiger partial charge in [-0.15, -0.1) is 5.10 Å². The average Bonchev–Trinajstić information content (AvgIpc) is 3.66. The molecule has 2 aromatic rings. The third-order valence-electron chi connectivity index (χ3n) is 12.8. The molecule has 2 fully saturated rings. The van der Waals surface area contributed by atoms with Crippen LogP contribution in [0.5, 0.6) is 5.75 Å². The molecule has 0 radical (unpaired) electrons. The number of nitrogens with zero attached hydrogens (tertiary/aromatic N) is 5. The predicted molar refractivity (Wildman–Crippen MR) is 230 cm³/mol.